The van der Waals surface area contributed by atoms with Crippen molar-refractivity contribution in [3.63, 3.8) is 0 Å². The zero-order valence-electron chi connectivity index (χ0n) is 14.3. The van der Waals surface area contributed by atoms with Crippen LogP contribution in [0.2, 0.25) is 0 Å². The van der Waals surface area contributed by atoms with E-state index in [9.17, 15) is 9.59 Å². The Labute approximate surface area is 142 Å². The van der Waals surface area contributed by atoms with Gasteiger partial charge in [0.1, 0.15) is 11.9 Å². The summed E-state index contributed by atoms with van der Waals surface area (Å²) in [4.78, 5) is 22.6. The molecule has 0 unspecified atom stereocenters. The summed E-state index contributed by atoms with van der Waals surface area (Å²) >= 11 is 0. The molecule has 0 heterocycles. The van der Waals surface area contributed by atoms with Crippen LogP contribution in [0.15, 0.2) is 48.5 Å². The van der Waals surface area contributed by atoms with Gasteiger partial charge in [-0.3, -0.25) is 4.79 Å². The molecule has 2 aromatic rings. The van der Waals surface area contributed by atoms with Crippen molar-refractivity contribution in [1.29, 1.82) is 0 Å². The Hall–Kier alpha value is -2.62. The molecule has 0 bridgehead atoms. The molecule has 126 valence electrons. The predicted octanol–water partition coefficient (Wildman–Crippen LogP) is 4.23. The van der Waals surface area contributed by atoms with Crippen molar-refractivity contribution in [2.45, 2.75) is 32.8 Å². The summed E-state index contributed by atoms with van der Waals surface area (Å²) < 4.78 is 5.21. The fourth-order valence-corrected chi connectivity index (χ4v) is 2.32. The zero-order chi connectivity index (χ0) is 17.6. The van der Waals surface area contributed by atoms with Crippen LogP contribution < -0.4 is 5.32 Å². The maximum atomic E-state index is 11.6. The van der Waals surface area contributed by atoms with Gasteiger partial charge in [-0.15, -0.1) is 0 Å². The standard InChI is InChI=1S/C20H23NO3/c1-20(2,3)24-19(23)21-11-10-15-6-4-8-17(12-15)18-9-5-7-16(13-18)14-22/h4-9,12-14H,10-11H2,1-3H3,(H,21,23). The first kappa shape index (κ1) is 17.7. The second-order valence-corrected chi connectivity index (χ2v) is 6.62. The molecule has 1 amide bonds. The Morgan fingerprint density at radius 3 is 2.42 bits per heavy atom. The van der Waals surface area contributed by atoms with Gasteiger partial charge >= 0.3 is 6.09 Å². The van der Waals surface area contributed by atoms with Crippen molar-refractivity contribution in [3.05, 3.63) is 59.7 Å². The van der Waals surface area contributed by atoms with Gasteiger partial charge in [0.15, 0.2) is 0 Å². The third-order valence-electron chi connectivity index (χ3n) is 3.36. The highest BCUT2D eigenvalue weighted by Gasteiger charge is 2.15. The molecule has 0 aliphatic carbocycles. The van der Waals surface area contributed by atoms with Crippen LogP contribution in [-0.2, 0) is 11.2 Å². The van der Waals surface area contributed by atoms with E-state index in [4.69, 9.17) is 4.74 Å². The van der Waals surface area contributed by atoms with E-state index in [1.165, 1.54) is 0 Å². The van der Waals surface area contributed by atoms with Gasteiger partial charge in [0.25, 0.3) is 0 Å². The van der Waals surface area contributed by atoms with Gasteiger partial charge in [-0.1, -0.05) is 42.5 Å². The molecule has 4 nitrogen and oxygen atoms in total. The number of alkyl carbamates (subject to hydrolysis) is 1. The van der Waals surface area contributed by atoms with Crippen LogP contribution in [-0.4, -0.2) is 24.5 Å². The quantitative estimate of drug-likeness (QED) is 0.837. The molecule has 0 saturated carbocycles. The van der Waals surface area contributed by atoms with Crippen molar-refractivity contribution in [2.24, 2.45) is 0 Å². The summed E-state index contributed by atoms with van der Waals surface area (Å²) in [6.45, 7) is 6.02. The average Bonchev–Trinajstić information content (AvgIpc) is 2.53. The lowest BCUT2D eigenvalue weighted by atomic mass is 10.0. The minimum absolute atomic E-state index is 0.405. The van der Waals surface area contributed by atoms with Crippen LogP contribution in [0.25, 0.3) is 11.1 Å². The van der Waals surface area contributed by atoms with Gasteiger partial charge in [-0.2, -0.15) is 0 Å². The van der Waals surface area contributed by atoms with Gasteiger partial charge in [0.05, 0.1) is 0 Å². The molecule has 1 N–H and O–H groups in total. The Morgan fingerprint density at radius 2 is 1.75 bits per heavy atom. The Morgan fingerprint density at radius 1 is 1.08 bits per heavy atom. The molecule has 2 aromatic carbocycles. The Kier molecular flexibility index (Phi) is 5.74. The van der Waals surface area contributed by atoms with Crippen LogP contribution in [0.4, 0.5) is 4.79 Å². The molecule has 2 rings (SSSR count). The largest absolute Gasteiger partial charge is 0.444 e. The highest BCUT2D eigenvalue weighted by molar-refractivity contribution is 5.79. The Bertz CT molecular complexity index is 717. The molecule has 0 radical (unpaired) electrons. The second kappa shape index (κ2) is 7.77. The minimum atomic E-state index is -0.492. The third-order valence-corrected chi connectivity index (χ3v) is 3.36. The fourth-order valence-electron chi connectivity index (χ4n) is 2.32. The first-order valence-electron chi connectivity index (χ1n) is 7.99. The van der Waals surface area contributed by atoms with Gasteiger partial charge in [0, 0.05) is 12.1 Å². The van der Waals surface area contributed by atoms with Gasteiger partial charge in [0.2, 0.25) is 0 Å². The zero-order valence-corrected chi connectivity index (χ0v) is 14.3. The van der Waals surface area contributed by atoms with Crippen LogP contribution in [0.5, 0.6) is 0 Å². The number of hydrogen-bond donors (Lipinski definition) is 1. The van der Waals surface area contributed by atoms with E-state index in [0.29, 0.717) is 18.5 Å². The highest BCUT2D eigenvalue weighted by atomic mass is 16.6. The lowest BCUT2D eigenvalue weighted by Gasteiger charge is -2.19. The van der Waals surface area contributed by atoms with E-state index in [2.05, 4.69) is 11.4 Å². The first-order valence-corrected chi connectivity index (χ1v) is 7.99. The van der Waals surface area contributed by atoms with Crippen molar-refractivity contribution in [1.82, 2.24) is 5.32 Å². The number of carbonyl (C=O) groups is 2. The summed E-state index contributed by atoms with van der Waals surface area (Å²) in [5, 5.41) is 2.76. The van der Waals surface area contributed by atoms with E-state index in [1.807, 2.05) is 57.2 Å². The van der Waals surface area contributed by atoms with E-state index in [1.54, 1.807) is 6.07 Å². The van der Waals surface area contributed by atoms with Crippen molar-refractivity contribution < 1.29 is 14.3 Å². The molecular formula is C20H23NO3. The van der Waals surface area contributed by atoms with Crippen LogP contribution in [0.1, 0.15) is 36.7 Å². The summed E-state index contributed by atoms with van der Waals surface area (Å²) in [6, 6.07) is 15.6. The predicted molar refractivity (Wildman–Crippen MR) is 95.2 cm³/mol. The monoisotopic (exact) mass is 325 g/mol. The lowest BCUT2D eigenvalue weighted by Crippen LogP contribution is -2.33. The van der Waals surface area contributed by atoms with E-state index in [0.717, 1.165) is 23.0 Å². The van der Waals surface area contributed by atoms with Crippen molar-refractivity contribution in [2.75, 3.05) is 6.54 Å². The molecule has 0 fully saturated rings. The number of amides is 1. The Balaban J connectivity index is 1.98. The SMILES string of the molecule is CC(C)(C)OC(=O)NCCc1cccc(-c2cccc(C=O)c2)c1. The number of carbonyl (C=O) groups excluding carboxylic acids is 2. The molecular weight excluding hydrogens is 302 g/mol. The molecule has 0 aromatic heterocycles. The molecule has 24 heavy (non-hydrogen) atoms. The van der Waals surface area contributed by atoms with Gasteiger partial charge in [-0.25, -0.2) is 4.79 Å². The topological polar surface area (TPSA) is 55.4 Å². The van der Waals surface area contributed by atoms with E-state index >= 15 is 0 Å². The minimum Gasteiger partial charge on any atom is -0.444 e. The summed E-state index contributed by atoms with van der Waals surface area (Å²) in [7, 11) is 0. The highest BCUT2D eigenvalue weighted by Crippen LogP contribution is 2.21. The van der Waals surface area contributed by atoms with Gasteiger partial charge < -0.3 is 10.1 Å². The van der Waals surface area contributed by atoms with Crippen molar-refractivity contribution in [3.8, 4) is 11.1 Å². The molecule has 0 spiro atoms. The first-order chi connectivity index (χ1) is 11.4. The number of nitrogens with one attached hydrogen (secondary N) is 1. The third kappa shape index (κ3) is 5.54. The summed E-state index contributed by atoms with van der Waals surface area (Å²) in [5.74, 6) is 0. The molecule has 0 atom stereocenters. The number of ether oxygens (including phenoxy) is 1. The molecule has 0 aliphatic rings. The van der Waals surface area contributed by atoms with Crippen LogP contribution >= 0.6 is 0 Å². The number of benzene rings is 2. The van der Waals surface area contributed by atoms with E-state index in [-0.39, 0.29) is 0 Å². The molecule has 0 saturated heterocycles. The number of rotatable bonds is 5. The lowest BCUT2D eigenvalue weighted by molar-refractivity contribution is 0.0528. The number of aldehydes is 1. The smallest absolute Gasteiger partial charge is 0.407 e. The summed E-state index contributed by atoms with van der Waals surface area (Å²) in [5.41, 5.74) is 3.33. The maximum absolute atomic E-state index is 11.6. The van der Waals surface area contributed by atoms with Crippen LogP contribution in [0, 0.1) is 0 Å². The fraction of sp³-hybridized carbons (Fsp3) is 0.300. The maximum Gasteiger partial charge on any atom is 0.407 e. The summed E-state index contributed by atoms with van der Waals surface area (Å²) in [6.07, 6.45) is 1.15. The number of hydrogen-bond acceptors (Lipinski definition) is 3. The van der Waals surface area contributed by atoms with Gasteiger partial charge in [-0.05, 0) is 49.9 Å². The normalized spacial score (nSPS) is 11.0. The average molecular weight is 325 g/mol. The van der Waals surface area contributed by atoms with E-state index < -0.39 is 11.7 Å². The molecule has 0 aliphatic heterocycles. The van der Waals surface area contributed by atoms with Crippen LogP contribution in [0.3, 0.4) is 0 Å². The van der Waals surface area contributed by atoms with Crippen molar-refractivity contribution >= 4 is 12.4 Å². The second-order valence-electron chi connectivity index (χ2n) is 6.62. The molecule has 4 heteroatoms.